The van der Waals surface area contributed by atoms with E-state index in [0.717, 1.165) is 5.69 Å². The molecule has 23 heavy (non-hydrogen) atoms. The molecule has 2 aromatic heterocycles. The van der Waals surface area contributed by atoms with Gasteiger partial charge < -0.3 is 4.74 Å². The summed E-state index contributed by atoms with van der Waals surface area (Å²) in [6.07, 6.45) is 4.12. The van der Waals surface area contributed by atoms with Crippen molar-refractivity contribution in [1.82, 2.24) is 20.1 Å². The summed E-state index contributed by atoms with van der Waals surface area (Å²) in [6.45, 7) is 2.25. The van der Waals surface area contributed by atoms with E-state index >= 15 is 0 Å². The maximum absolute atomic E-state index is 11.9. The van der Waals surface area contributed by atoms with Gasteiger partial charge in [0.1, 0.15) is 4.90 Å². The molecule has 0 aromatic carbocycles. The highest BCUT2D eigenvalue weighted by Crippen LogP contribution is 2.28. The minimum atomic E-state index is -3.35. The largest absolute Gasteiger partial charge is 0.378 e. The van der Waals surface area contributed by atoms with Gasteiger partial charge in [0.05, 0.1) is 41.9 Å². The van der Waals surface area contributed by atoms with Crippen LogP contribution in [0.2, 0.25) is 5.02 Å². The Kier molecular flexibility index (Phi) is 4.67. The van der Waals surface area contributed by atoms with E-state index in [2.05, 4.69) is 20.1 Å². The van der Waals surface area contributed by atoms with E-state index in [9.17, 15) is 8.42 Å². The number of aromatic nitrogens is 3. The number of halogens is 1. The minimum absolute atomic E-state index is 0.210. The molecular formula is C14H17ClN4O3S. The molecule has 0 bridgehead atoms. The topological polar surface area (TPSA) is 88.2 Å². The molecular weight excluding hydrogens is 340 g/mol. The first-order valence-electron chi connectivity index (χ1n) is 7.10. The number of H-pyrrole nitrogens is 1. The Hall–Kier alpha value is -1.48. The molecule has 0 aliphatic carbocycles. The maximum atomic E-state index is 11.9. The number of nitrogens with one attached hydrogen (secondary N) is 1. The highest BCUT2D eigenvalue weighted by molar-refractivity contribution is 7.90. The molecule has 0 saturated carbocycles. The van der Waals surface area contributed by atoms with E-state index in [0.29, 0.717) is 37.0 Å². The Balaban J connectivity index is 1.87. The van der Waals surface area contributed by atoms with Crippen LogP contribution in [0.15, 0.2) is 29.4 Å². The zero-order valence-electron chi connectivity index (χ0n) is 12.6. The van der Waals surface area contributed by atoms with Gasteiger partial charge in [-0.2, -0.15) is 5.10 Å². The van der Waals surface area contributed by atoms with Crippen LogP contribution in [0.3, 0.4) is 0 Å². The second-order valence-corrected chi connectivity index (χ2v) is 7.87. The van der Waals surface area contributed by atoms with Crippen molar-refractivity contribution in [3.63, 3.8) is 0 Å². The second kappa shape index (κ2) is 6.56. The summed E-state index contributed by atoms with van der Waals surface area (Å²) in [7, 11) is -3.35. The summed E-state index contributed by atoms with van der Waals surface area (Å²) in [5.74, 6) is 0. The van der Waals surface area contributed by atoms with E-state index < -0.39 is 9.84 Å². The molecule has 0 radical (unpaired) electrons. The predicted molar refractivity (Wildman–Crippen MR) is 84.9 cm³/mol. The van der Waals surface area contributed by atoms with Gasteiger partial charge in [-0.3, -0.25) is 15.0 Å². The lowest BCUT2D eigenvalue weighted by atomic mass is 10.1. The predicted octanol–water partition coefficient (Wildman–Crippen LogP) is 1.44. The number of rotatable bonds is 4. The minimum Gasteiger partial charge on any atom is -0.378 e. The number of nitrogens with zero attached hydrogens (tertiary/aromatic N) is 3. The fraction of sp³-hybridized carbons (Fsp3) is 0.429. The van der Waals surface area contributed by atoms with Crippen LogP contribution in [0.4, 0.5) is 0 Å². The number of aromatic amines is 1. The molecule has 1 atom stereocenters. The molecule has 0 unspecified atom stereocenters. The average Bonchev–Trinajstić information content (AvgIpc) is 3.00. The highest BCUT2D eigenvalue weighted by atomic mass is 35.5. The van der Waals surface area contributed by atoms with Crippen molar-refractivity contribution in [2.75, 3.05) is 26.0 Å². The van der Waals surface area contributed by atoms with Gasteiger partial charge in [-0.05, 0) is 12.1 Å². The fourth-order valence-corrected chi connectivity index (χ4v) is 3.56. The molecule has 9 heteroatoms. The smallest absolute Gasteiger partial charge is 0.178 e. The van der Waals surface area contributed by atoms with Crippen LogP contribution < -0.4 is 0 Å². The molecule has 0 spiro atoms. The summed E-state index contributed by atoms with van der Waals surface area (Å²) in [5.41, 5.74) is 1.42. The first-order chi connectivity index (χ1) is 10.9. The van der Waals surface area contributed by atoms with Crippen molar-refractivity contribution in [1.29, 1.82) is 0 Å². The zero-order chi connectivity index (χ0) is 16.4. The molecule has 7 nitrogen and oxygen atoms in total. The average molecular weight is 357 g/mol. The van der Waals surface area contributed by atoms with Crippen molar-refractivity contribution in [3.8, 4) is 0 Å². The van der Waals surface area contributed by atoms with Gasteiger partial charge in [0, 0.05) is 25.5 Å². The van der Waals surface area contributed by atoms with Gasteiger partial charge >= 0.3 is 0 Å². The van der Waals surface area contributed by atoms with Crippen LogP contribution in [-0.2, 0) is 21.1 Å². The van der Waals surface area contributed by atoms with Crippen molar-refractivity contribution < 1.29 is 13.2 Å². The van der Waals surface area contributed by atoms with Gasteiger partial charge in [-0.1, -0.05) is 11.6 Å². The lowest BCUT2D eigenvalue weighted by Crippen LogP contribution is -2.39. The third kappa shape index (κ3) is 3.72. The quantitative estimate of drug-likeness (QED) is 0.891. The van der Waals surface area contributed by atoms with Crippen LogP contribution >= 0.6 is 11.6 Å². The number of ether oxygens (including phenoxy) is 1. The lowest BCUT2D eigenvalue weighted by Gasteiger charge is -2.35. The molecule has 1 aliphatic rings. The first-order valence-corrected chi connectivity index (χ1v) is 9.37. The number of morpholine rings is 1. The summed E-state index contributed by atoms with van der Waals surface area (Å²) < 4.78 is 29.4. The fourth-order valence-electron chi connectivity index (χ4n) is 2.62. The molecule has 0 amide bonds. The van der Waals surface area contributed by atoms with Crippen molar-refractivity contribution in [2.45, 2.75) is 17.5 Å². The lowest BCUT2D eigenvalue weighted by molar-refractivity contribution is -0.0157. The first kappa shape index (κ1) is 16.4. The van der Waals surface area contributed by atoms with Crippen LogP contribution in [0.1, 0.15) is 17.4 Å². The molecule has 2 aromatic rings. The van der Waals surface area contributed by atoms with E-state index in [4.69, 9.17) is 16.3 Å². The van der Waals surface area contributed by atoms with Crippen molar-refractivity contribution in [3.05, 3.63) is 40.9 Å². The number of hydrogen-bond acceptors (Lipinski definition) is 6. The molecule has 1 saturated heterocycles. The van der Waals surface area contributed by atoms with Gasteiger partial charge in [-0.25, -0.2) is 8.42 Å². The third-order valence-corrected chi connectivity index (χ3v) is 5.11. The van der Waals surface area contributed by atoms with Gasteiger partial charge in [0.25, 0.3) is 0 Å². The van der Waals surface area contributed by atoms with E-state index in [-0.39, 0.29) is 10.9 Å². The van der Waals surface area contributed by atoms with Gasteiger partial charge in [-0.15, -0.1) is 0 Å². The van der Waals surface area contributed by atoms with Gasteiger partial charge in [0.15, 0.2) is 9.84 Å². The van der Waals surface area contributed by atoms with Crippen molar-refractivity contribution in [2.24, 2.45) is 0 Å². The Morgan fingerprint density at radius 2 is 2.26 bits per heavy atom. The summed E-state index contributed by atoms with van der Waals surface area (Å²) in [5, 5.41) is 7.30. The molecule has 1 aliphatic heterocycles. The summed E-state index contributed by atoms with van der Waals surface area (Å²) in [4.78, 5) is 6.64. The number of hydrogen-bond donors (Lipinski definition) is 1. The number of sulfone groups is 1. The summed E-state index contributed by atoms with van der Waals surface area (Å²) in [6, 6.07) is 3.44. The van der Waals surface area contributed by atoms with Crippen molar-refractivity contribution >= 4 is 21.4 Å². The Bertz CT molecular complexity index is 776. The van der Waals surface area contributed by atoms with Crippen LogP contribution in [-0.4, -0.2) is 54.5 Å². The van der Waals surface area contributed by atoms with Crippen LogP contribution in [0.5, 0.6) is 0 Å². The van der Waals surface area contributed by atoms with Gasteiger partial charge in [0.2, 0.25) is 0 Å². The number of pyridine rings is 1. The van der Waals surface area contributed by atoms with Crippen LogP contribution in [0.25, 0.3) is 0 Å². The maximum Gasteiger partial charge on any atom is 0.178 e. The molecule has 1 fully saturated rings. The molecule has 1 N–H and O–H groups in total. The summed E-state index contributed by atoms with van der Waals surface area (Å²) >= 11 is 5.86. The molecule has 124 valence electrons. The van der Waals surface area contributed by atoms with Crippen LogP contribution in [0, 0.1) is 0 Å². The molecule has 3 heterocycles. The Labute approximate surface area is 139 Å². The monoisotopic (exact) mass is 356 g/mol. The van der Waals surface area contributed by atoms with E-state index in [1.165, 1.54) is 12.5 Å². The standard InChI is InChI=1S/C14H17ClN4O3S/c1-23(20,21)13-7-17-18-14(13)12-9-22-5-4-19(12)8-11-3-2-10(15)6-16-11/h2-3,6-7,12H,4-5,8-9H2,1H3,(H,17,18)/t12-/m1/s1. The van der Waals surface area contributed by atoms with E-state index in [1.807, 2.05) is 6.07 Å². The SMILES string of the molecule is CS(=O)(=O)c1cn[nH]c1[C@H]1COCCN1Cc1ccc(Cl)cn1. The Morgan fingerprint density at radius 1 is 1.43 bits per heavy atom. The normalized spacial score (nSPS) is 19.8. The second-order valence-electron chi connectivity index (χ2n) is 5.45. The van der Waals surface area contributed by atoms with E-state index in [1.54, 1.807) is 12.3 Å². The third-order valence-electron chi connectivity index (χ3n) is 3.76. The highest BCUT2D eigenvalue weighted by Gasteiger charge is 2.30. The Morgan fingerprint density at radius 3 is 2.96 bits per heavy atom. The molecule has 3 rings (SSSR count). The zero-order valence-corrected chi connectivity index (χ0v) is 14.1.